The summed E-state index contributed by atoms with van der Waals surface area (Å²) in [5, 5.41) is 47.4. The fourth-order valence-electron chi connectivity index (χ4n) is 4.45. The lowest BCUT2D eigenvalue weighted by molar-refractivity contribution is -0.350. The maximum absolute atomic E-state index is 13.7. The van der Waals surface area contributed by atoms with Crippen LogP contribution in [0.1, 0.15) is 18.5 Å². The van der Waals surface area contributed by atoms with Crippen molar-refractivity contribution in [1.82, 2.24) is 30.0 Å². The molecule has 0 aliphatic carbocycles. The molecular weight excluding hydrogens is 449 g/mol. The Bertz CT molecular complexity index is 1120. The Labute approximate surface area is 184 Å². The third kappa shape index (κ3) is 3.41. The standard InChI is InChI=1S/C19H19F3N6O5/c20-10-5-9(6-11(21)15(10)22)12-7-28(26-24-12)16-17(30)13(8-29)33-19(18(16)31)14(1-4-32-19)27-3-2-23-25-27/h2-3,5-7,13-14,16-18,29-31H,1,4,8H2/t13-,14-,16+,17+,18-,19+/m1/s1. The van der Waals surface area contributed by atoms with Gasteiger partial charge in [-0.05, 0) is 18.6 Å². The largest absolute Gasteiger partial charge is 0.394 e. The maximum atomic E-state index is 13.7. The second-order valence-corrected chi connectivity index (χ2v) is 7.86. The number of hydrogen-bond acceptors (Lipinski definition) is 9. The number of rotatable bonds is 4. The first-order valence-corrected chi connectivity index (χ1v) is 10.1. The molecule has 176 valence electrons. The predicted molar refractivity (Wildman–Crippen MR) is 101 cm³/mol. The minimum atomic E-state index is -1.70. The highest BCUT2D eigenvalue weighted by atomic mass is 19.2. The van der Waals surface area contributed by atoms with Gasteiger partial charge in [0.15, 0.2) is 17.5 Å². The van der Waals surface area contributed by atoms with Crippen LogP contribution in [0.25, 0.3) is 11.3 Å². The summed E-state index contributed by atoms with van der Waals surface area (Å²) in [7, 11) is 0. The first-order chi connectivity index (χ1) is 15.9. The van der Waals surface area contributed by atoms with Gasteiger partial charge in [0.2, 0.25) is 5.79 Å². The molecule has 3 N–H and O–H groups in total. The van der Waals surface area contributed by atoms with Crippen LogP contribution in [0.5, 0.6) is 0 Å². The van der Waals surface area contributed by atoms with E-state index in [-0.39, 0.29) is 17.9 Å². The van der Waals surface area contributed by atoms with E-state index in [1.54, 1.807) is 6.20 Å². The Morgan fingerprint density at radius 2 is 1.88 bits per heavy atom. The Morgan fingerprint density at radius 3 is 2.55 bits per heavy atom. The van der Waals surface area contributed by atoms with Crippen molar-refractivity contribution in [2.45, 2.75) is 42.6 Å². The predicted octanol–water partition coefficient (Wildman–Crippen LogP) is -0.0342. The first kappa shape index (κ1) is 21.9. The average Bonchev–Trinajstić information content (AvgIpc) is 3.55. The molecule has 0 bridgehead atoms. The molecule has 2 saturated heterocycles. The van der Waals surface area contributed by atoms with E-state index in [1.165, 1.54) is 17.1 Å². The molecule has 4 heterocycles. The Morgan fingerprint density at radius 1 is 1.12 bits per heavy atom. The number of aliphatic hydroxyl groups excluding tert-OH is 3. The van der Waals surface area contributed by atoms with Gasteiger partial charge in [-0.3, -0.25) is 0 Å². The van der Waals surface area contributed by atoms with Crippen molar-refractivity contribution >= 4 is 0 Å². The van der Waals surface area contributed by atoms with Crippen LogP contribution in [0.3, 0.4) is 0 Å². The lowest BCUT2D eigenvalue weighted by Gasteiger charge is -2.49. The Hall–Kier alpha value is -2.91. The lowest BCUT2D eigenvalue weighted by Crippen LogP contribution is -2.65. The van der Waals surface area contributed by atoms with Gasteiger partial charge in [-0.25, -0.2) is 22.5 Å². The van der Waals surface area contributed by atoms with E-state index in [4.69, 9.17) is 9.47 Å². The molecule has 3 aromatic rings. The van der Waals surface area contributed by atoms with E-state index in [1.807, 2.05) is 0 Å². The molecule has 5 rings (SSSR count). The summed E-state index contributed by atoms with van der Waals surface area (Å²) in [6, 6.07) is -0.357. The van der Waals surface area contributed by atoms with E-state index >= 15 is 0 Å². The molecule has 11 nitrogen and oxygen atoms in total. The average molecular weight is 468 g/mol. The smallest absolute Gasteiger partial charge is 0.220 e. The zero-order chi connectivity index (χ0) is 23.3. The summed E-state index contributed by atoms with van der Waals surface area (Å²) in [5.74, 6) is -6.13. The zero-order valence-corrected chi connectivity index (χ0v) is 16.9. The molecule has 2 aliphatic heterocycles. The molecule has 0 unspecified atom stereocenters. The van der Waals surface area contributed by atoms with Crippen molar-refractivity contribution in [3.8, 4) is 11.3 Å². The quantitative estimate of drug-likeness (QED) is 0.450. The van der Waals surface area contributed by atoms with Crippen LogP contribution >= 0.6 is 0 Å². The lowest BCUT2D eigenvalue weighted by atomic mass is 9.86. The molecule has 0 amide bonds. The highest BCUT2D eigenvalue weighted by Gasteiger charge is 2.62. The number of hydrogen-bond donors (Lipinski definition) is 3. The number of halogens is 3. The molecule has 1 spiro atoms. The van der Waals surface area contributed by atoms with Crippen molar-refractivity contribution in [1.29, 1.82) is 0 Å². The van der Waals surface area contributed by atoms with E-state index < -0.39 is 60.2 Å². The normalized spacial score (nSPS) is 32.0. The molecular formula is C19H19F3N6O5. The summed E-state index contributed by atoms with van der Waals surface area (Å²) >= 11 is 0. The van der Waals surface area contributed by atoms with Gasteiger partial charge in [-0.2, -0.15) is 0 Å². The molecule has 2 aliphatic rings. The molecule has 6 atom stereocenters. The van der Waals surface area contributed by atoms with Gasteiger partial charge in [0, 0.05) is 11.8 Å². The Balaban J connectivity index is 1.53. The van der Waals surface area contributed by atoms with Gasteiger partial charge in [-0.15, -0.1) is 10.2 Å². The second-order valence-electron chi connectivity index (χ2n) is 7.86. The van der Waals surface area contributed by atoms with Gasteiger partial charge in [0.05, 0.1) is 25.6 Å². The number of nitrogens with zero attached hydrogens (tertiary/aromatic N) is 6. The van der Waals surface area contributed by atoms with Crippen LogP contribution in [0.2, 0.25) is 0 Å². The van der Waals surface area contributed by atoms with E-state index in [9.17, 15) is 28.5 Å². The fraction of sp³-hybridized carbons (Fsp3) is 0.474. The van der Waals surface area contributed by atoms with Gasteiger partial charge >= 0.3 is 0 Å². The van der Waals surface area contributed by atoms with Gasteiger partial charge < -0.3 is 24.8 Å². The highest BCUT2D eigenvalue weighted by molar-refractivity contribution is 5.57. The zero-order valence-electron chi connectivity index (χ0n) is 16.9. The van der Waals surface area contributed by atoms with Crippen molar-refractivity contribution in [2.24, 2.45) is 0 Å². The molecule has 2 fully saturated rings. The van der Waals surface area contributed by atoms with Crippen LogP contribution < -0.4 is 0 Å². The van der Waals surface area contributed by atoms with Crippen LogP contribution in [0, 0.1) is 17.5 Å². The summed E-state index contributed by atoms with van der Waals surface area (Å²) in [6.45, 7) is -0.408. The van der Waals surface area contributed by atoms with Crippen LogP contribution in [-0.2, 0) is 9.47 Å². The topological polar surface area (TPSA) is 141 Å². The molecule has 0 radical (unpaired) electrons. The number of ether oxygens (including phenoxy) is 2. The number of aromatic nitrogens is 6. The van der Waals surface area contributed by atoms with Crippen molar-refractivity contribution < 1.29 is 38.0 Å². The SMILES string of the molecule is OC[C@H]1O[C@]2(OCC[C@H]2n2ccnn2)[C@H](O)[C@@H](n2cc(-c3cc(F)c(F)c(F)c3)nn2)[C@H]1O. The van der Waals surface area contributed by atoms with Crippen molar-refractivity contribution in [3.63, 3.8) is 0 Å². The maximum Gasteiger partial charge on any atom is 0.220 e. The molecule has 33 heavy (non-hydrogen) atoms. The fourth-order valence-corrected chi connectivity index (χ4v) is 4.45. The van der Waals surface area contributed by atoms with E-state index in [0.717, 1.165) is 16.8 Å². The third-order valence-corrected chi connectivity index (χ3v) is 6.02. The van der Waals surface area contributed by atoms with Crippen molar-refractivity contribution in [3.05, 3.63) is 48.2 Å². The molecule has 2 aromatic heterocycles. The third-order valence-electron chi connectivity index (χ3n) is 6.02. The van der Waals surface area contributed by atoms with Gasteiger partial charge in [0.1, 0.15) is 36.1 Å². The first-order valence-electron chi connectivity index (χ1n) is 10.1. The molecule has 0 saturated carbocycles. The minimum absolute atomic E-state index is 0.0338. The summed E-state index contributed by atoms with van der Waals surface area (Å²) < 4.78 is 54.9. The van der Waals surface area contributed by atoms with Crippen LogP contribution in [-0.4, -0.2) is 82.6 Å². The van der Waals surface area contributed by atoms with Crippen molar-refractivity contribution in [2.75, 3.05) is 13.2 Å². The molecule has 14 heteroatoms. The monoisotopic (exact) mass is 468 g/mol. The van der Waals surface area contributed by atoms with Gasteiger partial charge in [-0.1, -0.05) is 10.4 Å². The van der Waals surface area contributed by atoms with Crippen LogP contribution in [0.15, 0.2) is 30.7 Å². The second kappa shape index (κ2) is 8.14. The number of aliphatic hydroxyl groups is 3. The number of benzene rings is 1. The van der Waals surface area contributed by atoms with Gasteiger partial charge in [0.25, 0.3) is 0 Å². The van der Waals surface area contributed by atoms with E-state index in [2.05, 4.69) is 20.6 Å². The summed E-state index contributed by atoms with van der Waals surface area (Å²) in [6.07, 6.45) is 0.498. The van der Waals surface area contributed by atoms with Crippen LogP contribution in [0.4, 0.5) is 13.2 Å². The van der Waals surface area contributed by atoms with E-state index in [0.29, 0.717) is 6.42 Å². The molecule has 1 aromatic carbocycles. The minimum Gasteiger partial charge on any atom is -0.394 e. The Kier molecular flexibility index (Phi) is 5.41. The summed E-state index contributed by atoms with van der Waals surface area (Å²) in [4.78, 5) is 0. The summed E-state index contributed by atoms with van der Waals surface area (Å²) in [5.41, 5.74) is -0.131. The highest BCUT2D eigenvalue weighted by Crippen LogP contribution is 2.48.